The van der Waals surface area contributed by atoms with Gasteiger partial charge in [0, 0.05) is 36.3 Å². The smallest absolute Gasteiger partial charge is 0.255 e. The summed E-state index contributed by atoms with van der Waals surface area (Å²) in [4.78, 5) is 20.0. The second kappa shape index (κ2) is 7.62. The molecule has 0 spiro atoms. The molecule has 0 bridgehead atoms. The number of hydrogen-bond acceptors (Lipinski definition) is 3. The van der Waals surface area contributed by atoms with Gasteiger partial charge in [0.05, 0.1) is 22.0 Å². The molecule has 1 saturated heterocycles. The van der Waals surface area contributed by atoms with E-state index in [9.17, 15) is 4.79 Å². The molecule has 29 heavy (non-hydrogen) atoms. The maximum absolute atomic E-state index is 13.1. The van der Waals surface area contributed by atoms with E-state index in [1.54, 1.807) is 11.3 Å². The normalized spacial score (nSPS) is 16.6. The lowest BCUT2D eigenvalue weighted by Gasteiger charge is -2.15. The van der Waals surface area contributed by atoms with Crippen molar-refractivity contribution in [2.75, 3.05) is 13.1 Å². The molecule has 1 amide bonds. The van der Waals surface area contributed by atoms with E-state index in [4.69, 9.17) is 16.6 Å². The Bertz CT molecular complexity index is 1060. The van der Waals surface area contributed by atoms with Gasteiger partial charge in [0.15, 0.2) is 0 Å². The van der Waals surface area contributed by atoms with Gasteiger partial charge in [-0.15, -0.1) is 11.3 Å². The fourth-order valence-corrected chi connectivity index (χ4v) is 5.24. The molecule has 3 aromatic rings. The van der Waals surface area contributed by atoms with E-state index >= 15 is 0 Å². The zero-order chi connectivity index (χ0) is 20.0. The van der Waals surface area contributed by atoms with Gasteiger partial charge >= 0.3 is 0 Å². The second-order valence-corrected chi connectivity index (χ2v) is 9.36. The zero-order valence-corrected chi connectivity index (χ0v) is 18.1. The number of benzene rings is 1. The lowest BCUT2D eigenvalue weighted by Crippen LogP contribution is -2.28. The third-order valence-electron chi connectivity index (χ3n) is 6.00. The van der Waals surface area contributed by atoms with Gasteiger partial charge in [-0.1, -0.05) is 29.8 Å². The first-order valence-electron chi connectivity index (χ1n) is 10.3. The first kappa shape index (κ1) is 18.9. The maximum Gasteiger partial charge on any atom is 0.255 e. The van der Waals surface area contributed by atoms with Crippen LogP contribution in [0, 0.1) is 12.8 Å². The Labute approximate surface area is 180 Å². The molecular weight excluding hydrogens is 402 g/mol. The highest BCUT2D eigenvalue weighted by molar-refractivity contribution is 7.13. The minimum atomic E-state index is 0.164. The van der Waals surface area contributed by atoms with Crippen molar-refractivity contribution < 1.29 is 4.79 Å². The molecule has 0 N–H and O–H groups in total. The van der Waals surface area contributed by atoms with Gasteiger partial charge in [-0.2, -0.15) is 0 Å². The minimum Gasteiger partial charge on any atom is -0.343 e. The monoisotopic (exact) mass is 425 g/mol. The summed E-state index contributed by atoms with van der Waals surface area (Å²) in [5.41, 5.74) is 4.82. The van der Waals surface area contributed by atoms with Gasteiger partial charge < -0.3 is 9.47 Å². The highest BCUT2D eigenvalue weighted by Crippen LogP contribution is 2.37. The summed E-state index contributed by atoms with van der Waals surface area (Å²) in [7, 11) is 0. The van der Waals surface area contributed by atoms with Crippen molar-refractivity contribution in [1.29, 1.82) is 0 Å². The van der Waals surface area contributed by atoms with E-state index in [2.05, 4.69) is 22.9 Å². The van der Waals surface area contributed by atoms with Crippen molar-refractivity contribution in [2.24, 2.45) is 5.92 Å². The molecule has 2 fully saturated rings. The van der Waals surface area contributed by atoms with E-state index in [1.807, 2.05) is 29.2 Å². The van der Waals surface area contributed by atoms with Gasteiger partial charge in [0.25, 0.3) is 5.91 Å². The van der Waals surface area contributed by atoms with Crippen LogP contribution in [0.2, 0.25) is 5.02 Å². The van der Waals surface area contributed by atoms with Crippen molar-refractivity contribution in [3.8, 4) is 22.0 Å². The van der Waals surface area contributed by atoms with Crippen molar-refractivity contribution in [3.05, 3.63) is 52.0 Å². The van der Waals surface area contributed by atoms with Crippen LogP contribution in [0.1, 0.15) is 41.7 Å². The van der Waals surface area contributed by atoms with E-state index < -0.39 is 0 Å². The number of carbonyl (C=O) groups is 1. The van der Waals surface area contributed by atoms with E-state index in [0.29, 0.717) is 5.02 Å². The largest absolute Gasteiger partial charge is 0.343 e. The van der Waals surface area contributed by atoms with Crippen molar-refractivity contribution in [3.63, 3.8) is 0 Å². The summed E-state index contributed by atoms with van der Waals surface area (Å²) in [5.74, 6) is 0.883. The zero-order valence-electron chi connectivity index (χ0n) is 16.5. The number of halogens is 1. The highest BCUT2D eigenvalue weighted by atomic mass is 35.5. The van der Waals surface area contributed by atoms with E-state index in [1.165, 1.54) is 12.8 Å². The van der Waals surface area contributed by atoms with Crippen molar-refractivity contribution >= 4 is 28.8 Å². The summed E-state index contributed by atoms with van der Waals surface area (Å²) in [6, 6.07) is 9.87. The molecule has 2 aromatic heterocycles. The molecule has 0 atom stereocenters. The molecule has 3 heterocycles. The quantitative estimate of drug-likeness (QED) is 0.511. The average Bonchev–Trinajstić information content (AvgIpc) is 3.12. The van der Waals surface area contributed by atoms with Gasteiger partial charge in [-0.25, -0.2) is 4.98 Å². The molecule has 0 radical (unpaired) electrons. The Morgan fingerprint density at radius 3 is 2.72 bits per heavy atom. The number of rotatable bonds is 5. The fraction of sp³-hybridized carbons (Fsp3) is 0.391. The topological polar surface area (TPSA) is 38.1 Å². The number of nitrogens with zero attached hydrogens (tertiary/aromatic N) is 3. The molecule has 1 aliphatic carbocycles. The van der Waals surface area contributed by atoms with Crippen LogP contribution < -0.4 is 0 Å². The summed E-state index contributed by atoms with van der Waals surface area (Å²) in [5, 5.41) is 3.71. The minimum absolute atomic E-state index is 0.164. The van der Waals surface area contributed by atoms with Gasteiger partial charge in [0.1, 0.15) is 5.01 Å². The third-order valence-corrected chi connectivity index (χ3v) is 7.20. The highest BCUT2D eigenvalue weighted by Gasteiger charge is 2.29. The number of hydrogen-bond donors (Lipinski definition) is 0. The van der Waals surface area contributed by atoms with E-state index in [-0.39, 0.29) is 5.91 Å². The molecule has 4 nitrogen and oxygen atoms in total. The summed E-state index contributed by atoms with van der Waals surface area (Å²) in [6.45, 7) is 4.79. The lowest BCUT2D eigenvalue weighted by molar-refractivity contribution is 0.0792. The van der Waals surface area contributed by atoms with Crippen LogP contribution in [0.25, 0.3) is 22.0 Å². The van der Waals surface area contributed by atoms with Crippen LogP contribution in [0.15, 0.2) is 35.7 Å². The molecule has 1 aromatic carbocycles. The maximum atomic E-state index is 13.1. The summed E-state index contributed by atoms with van der Waals surface area (Å²) < 4.78 is 2.31. The van der Waals surface area contributed by atoms with Gasteiger partial charge in [-0.05, 0) is 50.7 Å². The lowest BCUT2D eigenvalue weighted by atomic mass is 10.2. The summed E-state index contributed by atoms with van der Waals surface area (Å²) in [6.07, 6.45) is 4.75. The molecule has 5 rings (SSSR count). The number of thiazole rings is 1. The van der Waals surface area contributed by atoms with Crippen LogP contribution >= 0.6 is 22.9 Å². The average molecular weight is 426 g/mol. The second-order valence-electron chi connectivity index (χ2n) is 8.10. The number of carbonyl (C=O) groups excluding carboxylic acids is 1. The first-order chi connectivity index (χ1) is 14.1. The van der Waals surface area contributed by atoms with Crippen LogP contribution in [0.4, 0.5) is 0 Å². The van der Waals surface area contributed by atoms with Crippen LogP contribution in [-0.2, 0) is 6.54 Å². The van der Waals surface area contributed by atoms with Crippen LogP contribution in [-0.4, -0.2) is 33.4 Å². The Morgan fingerprint density at radius 1 is 1.24 bits per heavy atom. The SMILES string of the molecule is Cc1c(C(=O)N2CCCC2)cc(-c2csc(-c3ccccc3Cl)n2)n1CC1CC1. The molecule has 0 unspecified atom stereocenters. The summed E-state index contributed by atoms with van der Waals surface area (Å²) >= 11 is 7.98. The van der Waals surface area contributed by atoms with Crippen molar-refractivity contribution in [1.82, 2.24) is 14.5 Å². The number of aromatic nitrogens is 2. The third kappa shape index (κ3) is 3.62. The van der Waals surface area contributed by atoms with Crippen LogP contribution in [0.3, 0.4) is 0 Å². The van der Waals surface area contributed by atoms with E-state index in [0.717, 1.165) is 71.6 Å². The molecule has 2 aliphatic rings. The molecule has 150 valence electrons. The Kier molecular flexibility index (Phi) is 4.96. The fourth-order valence-electron chi connectivity index (χ4n) is 4.11. The Morgan fingerprint density at radius 2 is 2.00 bits per heavy atom. The molecular formula is C23H24ClN3OS. The van der Waals surface area contributed by atoms with Crippen LogP contribution in [0.5, 0.6) is 0 Å². The van der Waals surface area contributed by atoms with Crippen molar-refractivity contribution in [2.45, 2.75) is 39.2 Å². The molecule has 1 saturated carbocycles. The predicted octanol–water partition coefficient (Wildman–Crippen LogP) is 5.89. The number of amides is 1. The van der Waals surface area contributed by atoms with Gasteiger partial charge in [0.2, 0.25) is 0 Å². The molecule has 6 heteroatoms. The predicted molar refractivity (Wildman–Crippen MR) is 119 cm³/mol. The standard InChI is InChI=1S/C23H24ClN3OS/c1-15-18(23(28)26-10-4-5-11-26)12-21(27(15)13-16-8-9-16)20-14-29-22(25-20)17-6-2-3-7-19(17)24/h2-3,6-7,12,14,16H,4-5,8-11,13H2,1H3. The Balaban J connectivity index is 1.54. The Hall–Kier alpha value is -2.11. The van der Waals surface area contributed by atoms with Gasteiger partial charge in [-0.3, -0.25) is 4.79 Å². The number of likely N-dealkylation sites (tertiary alicyclic amines) is 1. The molecule has 1 aliphatic heterocycles. The first-order valence-corrected chi connectivity index (χ1v) is 11.6.